The molecule has 1 N–H and O–H groups in total. The van der Waals surface area contributed by atoms with Gasteiger partial charge < -0.3 is 10.2 Å². The number of carbonyl (C=O) groups excluding carboxylic acids is 1. The first-order valence-corrected chi connectivity index (χ1v) is 6.96. The van der Waals surface area contributed by atoms with Gasteiger partial charge in [-0.2, -0.15) is 0 Å². The summed E-state index contributed by atoms with van der Waals surface area (Å²) in [6.45, 7) is 4.98. The van der Waals surface area contributed by atoms with Gasteiger partial charge in [-0.3, -0.25) is 4.79 Å². The average Bonchev–Trinajstić information content (AvgIpc) is 2.74. The summed E-state index contributed by atoms with van der Waals surface area (Å²) >= 11 is 0. The summed E-state index contributed by atoms with van der Waals surface area (Å²) in [5.74, 6) is -0.938. The van der Waals surface area contributed by atoms with Crippen molar-refractivity contribution >= 4 is 5.91 Å². The molecule has 3 nitrogen and oxygen atoms in total. The molecule has 0 bridgehead atoms. The molecular weight excluding hydrogens is 262 g/mol. The number of benzene rings is 1. The Morgan fingerprint density at radius 1 is 1.30 bits per heavy atom. The molecule has 1 fully saturated rings. The molecule has 0 saturated carbocycles. The Hall–Kier alpha value is -1.49. The summed E-state index contributed by atoms with van der Waals surface area (Å²) in [4.78, 5) is 13.3. The molecule has 2 rings (SSSR count). The van der Waals surface area contributed by atoms with E-state index >= 15 is 0 Å². The summed E-state index contributed by atoms with van der Waals surface area (Å²) < 4.78 is 27.3. The SMILES string of the molecule is CC(CN1CCCC1=O)NC(C)c1c(F)cccc1F. The molecule has 1 heterocycles. The Kier molecular flexibility index (Phi) is 4.70. The topological polar surface area (TPSA) is 32.3 Å². The first-order chi connectivity index (χ1) is 9.49. The summed E-state index contributed by atoms with van der Waals surface area (Å²) in [5.41, 5.74) is 0.0482. The number of amides is 1. The van der Waals surface area contributed by atoms with E-state index in [0.717, 1.165) is 13.0 Å². The van der Waals surface area contributed by atoms with Gasteiger partial charge in [0, 0.05) is 37.2 Å². The van der Waals surface area contributed by atoms with Crippen molar-refractivity contribution in [1.82, 2.24) is 10.2 Å². The maximum absolute atomic E-state index is 13.7. The van der Waals surface area contributed by atoms with Crippen molar-refractivity contribution in [2.24, 2.45) is 0 Å². The van der Waals surface area contributed by atoms with Crippen LogP contribution in [0.3, 0.4) is 0 Å². The van der Waals surface area contributed by atoms with Crippen LogP contribution in [0, 0.1) is 11.6 Å². The summed E-state index contributed by atoms with van der Waals surface area (Å²) in [6.07, 6.45) is 1.49. The van der Waals surface area contributed by atoms with Crippen LogP contribution in [-0.2, 0) is 4.79 Å². The fourth-order valence-corrected chi connectivity index (χ4v) is 2.71. The largest absolute Gasteiger partial charge is 0.341 e. The number of rotatable bonds is 5. The predicted molar refractivity (Wildman–Crippen MR) is 73.2 cm³/mol. The molecule has 1 amide bonds. The normalized spacial score (nSPS) is 18.4. The van der Waals surface area contributed by atoms with Crippen LogP contribution in [-0.4, -0.2) is 29.9 Å². The van der Waals surface area contributed by atoms with Crippen molar-refractivity contribution in [1.29, 1.82) is 0 Å². The van der Waals surface area contributed by atoms with E-state index in [2.05, 4.69) is 5.32 Å². The third-order valence-electron chi connectivity index (χ3n) is 3.63. The standard InChI is InChI=1S/C15H20F2N2O/c1-10(9-19-8-4-7-14(19)20)18-11(2)15-12(16)5-3-6-13(15)17/h3,5-6,10-11,18H,4,7-9H2,1-2H3. The van der Waals surface area contributed by atoms with Gasteiger partial charge in [-0.1, -0.05) is 6.07 Å². The van der Waals surface area contributed by atoms with Gasteiger partial charge >= 0.3 is 0 Å². The van der Waals surface area contributed by atoms with Crippen molar-refractivity contribution in [3.05, 3.63) is 35.4 Å². The van der Waals surface area contributed by atoms with Gasteiger partial charge in [0.15, 0.2) is 0 Å². The molecule has 1 aliphatic rings. The second-order valence-corrected chi connectivity index (χ2v) is 5.37. The third kappa shape index (κ3) is 3.33. The van der Waals surface area contributed by atoms with Crippen LogP contribution in [0.5, 0.6) is 0 Å². The van der Waals surface area contributed by atoms with Gasteiger partial charge in [0.1, 0.15) is 11.6 Å². The Labute approximate surface area is 118 Å². The van der Waals surface area contributed by atoms with E-state index in [1.165, 1.54) is 18.2 Å². The van der Waals surface area contributed by atoms with E-state index in [0.29, 0.717) is 13.0 Å². The highest BCUT2D eigenvalue weighted by Crippen LogP contribution is 2.21. The second-order valence-electron chi connectivity index (χ2n) is 5.37. The van der Waals surface area contributed by atoms with Crippen LogP contribution >= 0.6 is 0 Å². The van der Waals surface area contributed by atoms with E-state index in [4.69, 9.17) is 0 Å². The Morgan fingerprint density at radius 3 is 2.50 bits per heavy atom. The Bertz CT molecular complexity index is 473. The average molecular weight is 282 g/mol. The van der Waals surface area contributed by atoms with E-state index in [9.17, 15) is 13.6 Å². The molecule has 0 aromatic heterocycles. The van der Waals surface area contributed by atoms with E-state index < -0.39 is 17.7 Å². The van der Waals surface area contributed by atoms with Crippen LogP contribution in [0.4, 0.5) is 8.78 Å². The fourth-order valence-electron chi connectivity index (χ4n) is 2.71. The van der Waals surface area contributed by atoms with E-state index in [1.54, 1.807) is 11.8 Å². The third-order valence-corrected chi connectivity index (χ3v) is 3.63. The van der Waals surface area contributed by atoms with Gasteiger partial charge in [-0.15, -0.1) is 0 Å². The molecule has 1 aromatic rings. The van der Waals surface area contributed by atoms with Crippen molar-refractivity contribution < 1.29 is 13.6 Å². The summed E-state index contributed by atoms with van der Waals surface area (Å²) in [5, 5.41) is 3.15. The number of carbonyl (C=O) groups is 1. The predicted octanol–water partition coefficient (Wildman–Crippen LogP) is 2.63. The minimum absolute atomic E-state index is 0.0222. The minimum atomic E-state index is -0.547. The van der Waals surface area contributed by atoms with Crippen LogP contribution in [0.1, 0.15) is 38.3 Å². The molecule has 2 unspecified atom stereocenters. The van der Waals surface area contributed by atoms with Crippen LogP contribution in [0.15, 0.2) is 18.2 Å². The number of hydrogen-bond donors (Lipinski definition) is 1. The van der Waals surface area contributed by atoms with Crippen molar-refractivity contribution in [2.45, 2.75) is 38.8 Å². The molecule has 1 saturated heterocycles. The van der Waals surface area contributed by atoms with Crippen LogP contribution in [0.2, 0.25) is 0 Å². The van der Waals surface area contributed by atoms with Gasteiger partial charge in [-0.05, 0) is 32.4 Å². The summed E-state index contributed by atoms with van der Waals surface area (Å²) in [6, 6.07) is 3.40. The lowest BCUT2D eigenvalue weighted by Gasteiger charge is -2.25. The number of halogens is 2. The smallest absolute Gasteiger partial charge is 0.222 e. The molecule has 110 valence electrons. The lowest BCUT2D eigenvalue weighted by Crippen LogP contribution is -2.41. The maximum atomic E-state index is 13.7. The lowest BCUT2D eigenvalue weighted by atomic mass is 10.1. The van der Waals surface area contributed by atoms with Crippen molar-refractivity contribution in [3.8, 4) is 0 Å². The van der Waals surface area contributed by atoms with E-state index in [1.807, 2.05) is 6.92 Å². The van der Waals surface area contributed by atoms with Gasteiger partial charge in [0.2, 0.25) is 5.91 Å². The molecule has 0 spiro atoms. The quantitative estimate of drug-likeness (QED) is 0.900. The second kappa shape index (κ2) is 6.31. The molecule has 0 radical (unpaired) electrons. The zero-order chi connectivity index (χ0) is 14.7. The first-order valence-electron chi connectivity index (χ1n) is 6.96. The minimum Gasteiger partial charge on any atom is -0.341 e. The highest BCUT2D eigenvalue weighted by Gasteiger charge is 2.23. The molecular formula is C15H20F2N2O. The Balaban J connectivity index is 1.97. The van der Waals surface area contributed by atoms with Crippen molar-refractivity contribution in [2.75, 3.05) is 13.1 Å². The number of nitrogens with one attached hydrogen (secondary N) is 1. The molecule has 0 aliphatic carbocycles. The molecule has 1 aromatic carbocycles. The molecule has 5 heteroatoms. The molecule has 1 aliphatic heterocycles. The molecule has 20 heavy (non-hydrogen) atoms. The summed E-state index contributed by atoms with van der Waals surface area (Å²) in [7, 11) is 0. The zero-order valence-electron chi connectivity index (χ0n) is 11.8. The monoisotopic (exact) mass is 282 g/mol. The Morgan fingerprint density at radius 2 is 1.95 bits per heavy atom. The van der Waals surface area contributed by atoms with Gasteiger partial charge in [-0.25, -0.2) is 8.78 Å². The number of likely N-dealkylation sites (tertiary alicyclic amines) is 1. The highest BCUT2D eigenvalue weighted by molar-refractivity contribution is 5.78. The zero-order valence-corrected chi connectivity index (χ0v) is 11.8. The van der Waals surface area contributed by atoms with Gasteiger partial charge in [0.05, 0.1) is 0 Å². The van der Waals surface area contributed by atoms with Crippen LogP contribution < -0.4 is 5.32 Å². The van der Waals surface area contributed by atoms with Gasteiger partial charge in [0.25, 0.3) is 0 Å². The van der Waals surface area contributed by atoms with E-state index in [-0.39, 0.29) is 17.5 Å². The van der Waals surface area contributed by atoms with Crippen molar-refractivity contribution in [3.63, 3.8) is 0 Å². The number of nitrogens with zero attached hydrogens (tertiary/aromatic N) is 1. The fraction of sp³-hybridized carbons (Fsp3) is 0.533. The number of hydrogen-bond acceptors (Lipinski definition) is 2. The molecule has 2 atom stereocenters. The first kappa shape index (κ1) is 14.9. The lowest BCUT2D eigenvalue weighted by molar-refractivity contribution is -0.127. The highest BCUT2D eigenvalue weighted by atomic mass is 19.1. The van der Waals surface area contributed by atoms with Crippen LogP contribution in [0.25, 0.3) is 0 Å². The maximum Gasteiger partial charge on any atom is 0.222 e.